The van der Waals surface area contributed by atoms with E-state index in [1.807, 2.05) is 36.5 Å². The summed E-state index contributed by atoms with van der Waals surface area (Å²) < 4.78 is 17.6. The molecule has 1 aliphatic rings. The molecule has 1 aromatic carbocycles. The molecule has 0 amide bonds. The van der Waals surface area contributed by atoms with Crippen molar-refractivity contribution in [2.45, 2.75) is 12.6 Å². The van der Waals surface area contributed by atoms with Gasteiger partial charge in [0.2, 0.25) is 0 Å². The van der Waals surface area contributed by atoms with Crippen LogP contribution in [0.5, 0.6) is 17.2 Å². The maximum atomic E-state index is 9.27. The van der Waals surface area contributed by atoms with E-state index in [4.69, 9.17) is 14.2 Å². The molecule has 2 unspecified atom stereocenters. The number of hydrogen-bond donors (Lipinski definition) is 2. The predicted molar refractivity (Wildman–Crippen MR) is 122 cm³/mol. The van der Waals surface area contributed by atoms with Gasteiger partial charge in [0, 0.05) is 41.0 Å². The number of aromatic nitrogens is 2. The van der Waals surface area contributed by atoms with Crippen LogP contribution in [0.1, 0.15) is 12.5 Å². The van der Waals surface area contributed by atoms with E-state index in [2.05, 4.69) is 16.9 Å². The van der Waals surface area contributed by atoms with E-state index in [1.165, 1.54) is 0 Å². The van der Waals surface area contributed by atoms with Gasteiger partial charge < -0.3 is 24.4 Å². The number of allylic oxidation sites excluding steroid dienone is 1. The van der Waals surface area contributed by atoms with Crippen molar-refractivity contribution in [2.75, 3.05) is 26.9 Å². The van der Waals surface area contributed by atoms with Gasteiger partial charge in [0.05, 0.1) is 37.9 Å². The van der Waals surface area contributed by atoms with Gasteiger partial charge in [-0.05, 0) is 24.3 Å². The molecular formula is C23H25N2O5P. The van der Waals surface area contributed by atoms with Crippen LogP contribution < -0.4 is 19.6 Å². The molecule has 0 saturated heterocycles. The van der Waals surface area contributed by atoms with Gasteiger partial charge in [0.25, 0.3) is 0 Å². The van der Waals surface area contributed by atoms with Gasteiger partial charge in [-0.25, -0.2) is 0 Å². The number of pyridine rings is 2. The molecule has 2 atom stereocenters. The Kier molecular flexibility index (Phi) is 6.66. The van der Waals surface area contributed by atoms with Crippen molar-refractivity contribution in [3.63, 3.8) is 0 Å². The van der Waals surface area contributed by atoms with Crippen LogP contribution in [0.2, 0.25) is 0 Å². The number of rotatable bonds is 8. The molecule has 2 aromatic heterocycles. The zero-order valence-electron chi connectivity index (χ0n) is 17.4. The Morgan fingerprint density at radius 1 is 1.06 bits per heavy atom. The van der Waals surface area contributed by atoms with Gasteiger partial charge >= 0.3 is 0 Å². The molecule has 3 aromatic rings. The summed E-state index contributed by atoms with van der Waals surface area (Å²) in [4.78, 5) is 8.93. The molecule has 3 heterocycles. The first-order valence-electron chi connectivity index (χ1n) is 10.0. The highest BCUT2D eigenvalue weighted by Gasteiger charge is 2.21. The second-order valence-electron chi connectivity index (χ2n) is 7.33. The lowest BCUT2D eigenvalue weighted by molar-refractivity contribution is 0.105. The number of nitrogens with zero attached hydrogens (tertiary/aromatic N) is 2. The first-order valence-corrected chi connectivity index (χ1v) is 11.1. The number of hydrogen-bond acceptors (Lipinski definition) is 7. The van der Waals surface area contributed by atoms with Gasteiger partial charge in [-0.3, -0.25) is 9.97 Å². The van der Waals surface area contributed by atoms with E-state index >= 15 is 0 Å². The van der Waals surface area contributed by atoms with Crippen LogP contribution in [0.3, 0.4) is 0 Å². The number of benzene rings is 1. The van der Waals surface area contributed by atoms with Crippen molar-refractivity contribution in [3.05, 3.63) is 54.0 Å². The van der Waals surface area contributed by atoms with Crippen LogP contribution in [-0.4, -0.2) is 52.8 Å². The molecule has 1 aliphatic heterocycles. The minimum atomic E-state index is -0.360. The van der Waals surface area contributed by atoms with E-state index in [0.29, 0.717) is 31.3 Å². The fraction of sp³-hybridized carbons (Fsp3) is 0.304. The number of fused-ring (bicyclic) bond motifs is 2. The zero-order valence-corrected chi connectivity index (χ0v) is 18.4. The van der Waals surface area contributed by atoms with Crippen molar-refractivity contribution < 1.29 is 24.4 Å². The Labute approximate surface area is 182 Å². The summed E-state index contributed by atoms with van der Waals surface area (Å²) in [5.74, 6) is 2.24. The lowest BCUT2D eigenvalue weighted by Gasteiger charge is -2.23. The molecule has 0 fully saturated rings. The minimum Gasteiger partial charge on any atom is -0.493 e. The van der Waals surface area contributed by atoms with Crippen LogP contribution in [0.4, 0.5) is 0 Å². The van der Waals surface area contributed by atoms with Crippen LogP contribution in [0, 0.1) is 5.92 Å². The summed E-state index contributed by atoms with van der Waals surface area (Å²) in [5.41, 5.74) is 3.12. The second kappa shape index (κ2) is 9.60. The van der Waals surface area contributed by atoms with Crippen molar-refractivity contribution in [1.29, 1.82) is 0 Å². The summed E-state index contributed by atoms with van der Waals surface area (Å²) in [6.07, 6.45) is 5.57. The van der Waals surface area contributed by atoms with Crippen LogP contribution in [0.25, 0.3) is 17.0 Å². The summed E-state index contributed by atoms with van der Waals surface area (Å²) in [7, 11) is 2.11. The molecule has 8 heteroatoms. The van der Waals surface area contributed by atoms with E-state index < -0.39 is 0 Å². The number of methoxy groups -OCH3 is 1. The van der Waals surface area contributed by atoms with Gasteiger partial charge in [0.15, 0.2) is 11.5 Å². The highest BCUT2D eigenvalue weighted by atomic mass is 31.1. The van der Waals surface area contributed by atoms with E-state index in [-0.39, 0.29) is 31.4 Å². The first-order chi connectivity index (χ1) is 15.1. The predicted octanol–water partition coefficient (Wildman–Crippen LogP) is 2.74. The summed E-state index contributed by atoms with van der Waals surface area (Å²) >= 11 is 0. The average molecular weight is 440 g/mol. The first kappa shape index (κ1) is 21.5. The molecule has 31 heavy (non-hydrogen) atoms. The lowest BCUT2D eigenvalue weighted by Crippen LogP contribution is -2.20. The average Bonchev–Trinajstić information content (AvgIpc) is 2.80. The lowest BCUT2D eigenvalue weighted by atomic mass is 10.1. The standard InChI is InChI=1S/C23H25N2O5P/c1-14-20(8-16-4-3-6-25-23(16)31-14)30-19-5-7-24-18-10-22(21(28-2)9-17(18)19)29-13-15(11-26)12-27/h3-10,14-15,26-27,31H,11-13H2,1-2H3. The van der Waals surface area contributed by atoms with Crippen molar-refractivity contribution in [2.24, 2.45) is 5.92 Å². The van der Waals surface area contributed by atoms with Gasteiger partial charge in [0.1, 0.15) is 11.5 Å². The molecule has 0 spiro atoms. The summed E-state index contributed by atoms with van der Waals surface area (Å²) in [5, 5.41) is 19.3. The molecule has 0 aliphatic carbocycles. The van der Waals surface area contributed by atoms with Crippen molar-refractivity contribution in [3.8, 4) is 17.2 Å². The number of ether oxygens (including phenoxy) is 3. The van der Waals surface area contributed by atoms with Gasteiger partial charge in [-0.1, -0.05) is 21.6 Å². The van der Waals surface area contributed by atoms with E-state index in [9.17, 15) is 10.2 Å². The Hall–Kier alpha value is -2.73. The third-order valence-electron chi connectivity index (χ3n) is 5.12. The smallest absolute Gasteiger partial charge is 0.163 e. The van der Waals surface area contributed by atoms with E-state index in [0.717, 1.165) is 22.1 Å². The largest absolute Gasteiger partial charge is 0.493 e. The highest BCUT2D eigenvalue weighted by molar-refractivity contribution is 7.48. The molecule has 0 saturated carbocycles. The molecule has 162 valence electrons. The number of aliphatic hydroxyl groups is 2. The number of aliphatic hydroxyl groups excluding tert-OH is 2. The Morgan fingerprint density at radius 3 is 2.68 bits per heavy atom. The van der Waals surface area contributed by atoms with Crippen LogP contribution >= 0.6 is 8.58 Å². The maximum Gasteiger partial charge on any atom is 0.163 e. The monoisotopic (exact) mass is 440 g/mol. The fourth-order valence-corrected chi connectivity index (χ4v) is 4.48. The molecule has 4 rings (SSSR count). The van der Waals surface area contributed by atoms with Crippen LogP contribution in [-0.2, 0) is 0 Å². The quantitative estimate of drug-likeness (QED) is 0.520. The zero-order chi connectivity index (χ0) is 21.8. The third-order valence-corrected chi connectivity index (χ3v) is 6.53. The Morgan fingerprint density at radius 2 is 1.90 bits per heavy atom. The Balaban J connectivity index is 1.66. The Bertz CT molecular complexity index is 1100. The summed E-state index contributed by atoms with van der Waals surface area (Å²) in [6.45, 7) is 1.99. The summed E-state index contributed by atoms with van der Waals surface area (Å²) in [6, 6.07) is 9.44. The molecule has 2 N–H and O–H groups in total. The van der Waals surface area contributed by atoms with Gasteiger partial charge in [-0.15, -0.1) is 0 Å². The fourth-order valence-electron chi connectivity index (χ4n) is 3.31. The topological polar surface area (TPSA) is 93.9 Å². The van der Waals surface area contributed by atoms with Crippen LogP contribution in [0.15, 0.2) is 48.5 Å². The van der Waals surface area contributed by atoms with Crippen molar-refractivity contribution >= 4 is 31.0 Å². The molecular weight excluding hydrogens is 415 g/mol. The minimum absolute atomic E-state index is 0.157. The normalized spacial score (nSPS) is 16.3. The van der Waals surface area contributed by atoms with E-state index in [1.54, 1.807) is 19.4 Å². The molecule has 7 nitrogen and oxygen atoms in total. The molecule has 0 radical (unpaired) electrons. The van der Waals surface area contributed by atoms with Crippen molar-refractivity contribution in [1.82, 2.24) is 9.97 Å². The second-order valence-corrected chi connectivity index (χ2v) is 8.96. The maximum absolute atomic E-state index is 9.27. The molecule has 0 bridgehead atoms. The highest BCUT2D eigenvalue weighted by Crippen LogP contribution is 2.38. The van der Waals surface area contributed by atoms with Gasteiger partial charge in [-0.2, -0.15) is 0 Å². The third kappa shape index (κ3) is 4.64. The SMILES string of the molecule is COc1cc2c(OC3=Cc4cccnc4PC3C)ccnc2cc1OCC(CO)CO.